The van der Waals surface area contributed by atoms with Crippen LogP contribution in [0.15, 0.2) is 97.6 Å². The SMILES string of the molecule is C=CCc1ccc(C=CCCc2ccccc2-c2ccccc2)cc1. The summed E-state index contributed by atoms with van der Waals surface area (Å²) in [5.41, 5.74) is 6.60. The van der Waals surface area contributed by atoms with E-state index in [4.69, 9.17) is 0 Å². The number of benzene rings is 3. The Hall–Kier alpha value is -2.86. The molecule has 0 aliphatic rings. The minimum Gasteiger partial charge on any atom is -0.103 e. The van der Waals surface area contributed by atoms with E-state index in [-0.39, 0.29) is 0 Å². The Kier molecular flexibility index (Phi) is 6.01. The third-order valence-electron chi connectivity index (χ3n) is 4.35. The highest BCUT2D eigenvalue weighted by molar-refractivity contribution is 5.67. The first-order valence-corrected chi connectivity index (χ1v) is 8.86. The first-order valence-electron chi connectivity index (χ1n) is 8.86. The van der Waals surface area contributed by atoms with E-state index in [0.717, 1.165) is 19.3 Å². The third kappa shape index (κ3) is 4.81. The van der Waals surface area contributed by atoms with Gasteiger partial charge in [-0.2, -0.15) is 0 Å². The van der Waals surface area contributed by atoms with Crippen molar-refractivity contribution in [2.75, 3.05) is 0 Å². The molecule has 25 heavy (non-hydrogen) atoms. The van der Waals surface area contributed by atoms with Gasteiger partial charge in [0.25, 0.3) is 0 Å². The van der Waals surface area contributed by atoms with E-state index in [1.54, 1.807) is 0 Å². The molecule has 0 atom stereocenters. The van der Waals surface area contributed by atoms with Gasteiger partial charge < -0.3 is 0 Å². The van der Waals surface area contributed by atoms with Gasteiger partial charge in [-0.15, -0.1) is 6.58 Å². The summed E-state index contributed by atoms with van der Waals surface area (Å²) >= 11 is 0. The Balaban J connectivity index is 1.63. The molecule has 0 heteroatoms. The van der Waals surface area contributed by atoms with Gasteiger partial charge in [0, 0.05) is 0 Å². The van der Waals surface area contributed by atoms with Crippen molar-refractivity contribution >= 4 is 6.08 Å². The fraction of sp³-hybridized carbons (Fsp3) is 0.120. The lowest BCUT2D eigenvalue weighted by atomic mass is 9.96. The van der Waals surface area contributed by atoms with Crippen LogP contribution in [0, 0.1) is 0 Å². The lowest BCUT2D eigenvalue weighted by Crippen LogP contribution is -1.89. The quantitative estimate of drug-likeness (QED) is 0.423. The second kappa shape index (κ2) is 8.84. The van der Waals surface area contributed by atoms with Crippen molar-refractivity contribution in [3.05, 3.63) is 114 Å². The zero-order valence-corrected chi connectivity index (χ0v) is 14.6. The van der Waals surface area contributed by atoms with Crippen LogP contribution in [0.3, 0.4) is 0 Å². The van der Waals surface area contributed by atoms with Gasteiger partial charge in [0.2, 0.25) is 0 Å². The first kappa shape index (κ1) is 17.0. The van der Waals surface area contributed by atoms with Gasteiger partial charge in [0.1, 0.15) is 0 Å². The number of allylic oxidation sites excluding steroid dienone is 2. The molecule has 0 aromatic heterocycles. The van der Waals surface area contributed by atoms with Crippen LogP contribution in [0.4, 0.5) is 0 Å². The summed E-state index contributed by atoms with van der Waals surface area (Å²) in [5, 5.41) is 0. The Morgan fingerprint density at radius 3 is 2.24 bits per heavy atom. The summed E-state index contributed by atoms with van der Waals surface area (Å²) < 4.78 is 0. The zero-order valence-electron chi connectivity index (χ0n) is 14.6. The van der Waals surface area contributed by atoms with E-state index in [2.05, 4.69) is 97.6 Å². The number of hydrogen-bond donors (Lipinski definition) is 0. The van der Waals surface area contributed by atoms with Crippen LogP contribution < -0.4 is 0 Å². The summed E-state index contributed by atoms with van der Waals surface area (Å²) in [7, 11) is 0. The highest BCUT2D eigenvalue weighted by Gasteiger charge is 2.02. The van der Waals surface area contributed by atoms with Crippen molar-refractivity contribution in [1.82, 2.24) is 0 Å². The molecule has 3 rings (SSSR count). The van der Waals surface area contributed by atoms with Crippen LogP contribution in [0.2, 0.25) is 0 Å². The minimum atomic E-state index is 0.931. The molecule has 0 bridgehead atoms. The van der Waals surface area contributed by atoms with Crippen molar-refractivity contribution < 1.29 is 0 Å². The third-order valence-corrected chi connectivity index (χ3v) is 4.35. The molecule has 0 heterocycles. The molecule has 0 aliphatic heterocycles. The second-order valence-electron chi connectivity index (χ2n) is 6.20. The molecule has 0 aliphatic carbocycles. The summed E-state index contributed by atoms with van der Waals surface area (Å²) in [6.45, 7) is 3.78. The summed E-state index contributed by atoms with van der Waals surface area (Å²) in [4.78, 5) is 0. The molecule has 0 unspecified atom stereocenters. The van der Waals surface area contributed by atoms with Gasteiger partial charge in [0.05, 0.1) is 0 Å². The van der Waals surface area contributed by atoms with Gasteiger partial charge in [-0.25, -0.2) is 0 Å². The Labute approximate surface area is 151 Å². The molecule has 0 amide bonds. The second-order valence-corrected chi connectivity index (χ2v) is 6.20. The standard InChI is InChI=1S/C25H24/c1-2-10-21-17-19-22(20-18-21)11-6-7-14-24-15-8-9-16-25(24)23-12-4-3-5-13-23/h2-6,8-9,11-13,15-20H,1,7,10,14H2. The van der Waals surface area contributed by atoms with Gasteiger partial charge >= 0.3 is 0 Å². The number of aryl methyl sites for hydroxylation is 1. The maximum atomic E-state index is 3.78. The molecule has 0 fully saturated rings. The van der Waals surface area contributed by atoms with E-state index in [0.29, 0.717) is 0 Å². The zero-order chi connectivity index (χ0) is 17.3. The van der Waals surface area contributed by atoms with Crippen molar-refractivity contribution in [3.63, 3.8) is 0 Å². The highest BCUT2D eigenvalue weighted by Crippen LogP contribution is 2.24. The number of rotatable bonds is 7. The average molecular weight is 324 g/mol. The highest BCUT2D eigenvalue weighted by atomic mass is 14.1. The Bertz CT molecular complexity index is 823. The normalized spacial score (nSPS) is 10.9. The minimum absolute atomic E-state index is 0.931. The maximum absolute atomic E-state index is 3.78. The van der Waals surface area contributed by atoms with Crippen molar-refractivity contribution in [1.29, 1.82) is 0 Å². The van der Waals surface area contributed by atoms with E-state index < -0.39 is 0 Å². The van der Waals surface area contributed by atoms with Crippen LogP contribution in [0.1, 0.15) is 23.1 Å². The molecule has 124 valence electrons. The largest absolute Gasteiger partial charge is 0.103 e. The van der Waals surface area contributed by atoms with Crippen LogP contribution in [0.5, 0.6) is 0 Å². The molecule has 3 aromatic rings. The van der Waals surface area contributed by atoms with E-state index in [1.807, 2.05) is 6.08 Å². The van der Waals surface area contributed by atoms with Crippen LogP contribution in [0.25, 0.3) is 17.2 Å². The molecular formula is C25H24. The Morgan fingerprint density at radius 2 is 1.48 bits per heavy atom. The average Bonchev–Trinajstić information content (AvgIpc) is 2.68. The van der Waals surface area contributed by atoms with Crippen LogP contribution in [-0.4, -0.2) is 0 Å². The van der Waals surface area contributed by atoms with Crippen molar-refractivity contribution in [2.24, 2.45) is 0 Å². The Morgan fingerprint density at radius 1 is 0.760 bits per heavy atom. The molecule has 3 aromatic carbocycles. The summed E-state index contributed by atoms with van der Waals surface area (Å²) in [6, 6.07) is 28.0. The molecular weight excluding hydrogens is 300 g/mol. The number of hydrogen-bond acceptors (Lipinski definition) is 0. The predicted molar refractivity (Wildman–Crippen MR) is 110 cm³/mol. The maximum Gasteiger partial charge on any atom is -0.0100 e. The lowest BCUT2D eigenvalue weighted by Gasteiger charge is -2.08. The molecule has 0 N–H and O–H groups in total. The molecule has 0 nitrogen and oxygen atoms in total. The summed E-state index contributed by atoms with van der Waals surface area (Å²) in [5.74, 6) is 0. The lowest BCUT2D eigenvalue weighted by molar-refractivity contribution is 1.01. The monoisotopic (exact) mass is 324 g/mol. The molecule has 0 saturated carbocycles. The van der Waals surface area contributed by atoms with Gasteiger partial charge in [0.15, 0.2) is 0 Å². The fourth-order valence-corrected chi connectivity index (χ4v) is 3.03. The van der Waals surface area contributed by atoms with E-state index in [9.17, 15) is 0 Å². The molecule has 0 saturated heterocycles. The van der Waals surface area contributed by atoms with Crippen LogP contribution in [-0.2, 0) is 12.8 Å². The van der Waals surface area contributed by atoms with Gasteiger partial charge in [-0.1, -0.05) is 97.1 Å². The fourth-order valence-electron chi connectivity index (χ4n) is 3.03. The molecule has 0 spiro atoms. The van der Waals surface area contributed by atoms with E-state index in [1.165, 1.54) is 27.8 Å². The summed E-state index contributed by atoms with van der Waals surface area (Å²) in [6.07, 6.45) is 9.44. The van der Waals surface area contributed by atoms with Crippen LogP contribution >= 0.6 is 0 Å². The van der Waals surface area contributed by atoms with E-state index >= 15 is 0 Å². The predicted octanol–water partition coefficient (Wildman–Crippen LogP) is 6.73. The van der Waals surface area contributed by atoms with Gasteiger partial charge in [-0.3, -0.25) is 0 Å². The van der Waals surface area contributed by atoms with Gasteiger partial charge in [-0.05, 0) is 47.1 Å². The first-order chi connectivity index (χ1) is 12.4. The molecule has 0 radical (unpaired) electrons. The van der Waals surface area contributed by atoms with Crippen molar-refractivity contribution in [2.45, 2.75) is 19.3 Å². The van der Waals surface area contributed by atoms with Crippen molar-refractivity contribution in [3.8, 4) is 11.1 Å². The smallest absolute Gasteiger partial charge is 0.0100 e. The topological polar surface area (TPSA) is 0 Å².